The van der Waals surface area contributed by atoms with Crippen LogP contribution < -0.4 is 10.6 Å². The molecule has 5 nitrogen and oxygen atoms in total. The minimum atomic E-state index is -0.211. The van der Waals surface area contributed by atoms with Crippen molar-refractivity contribution in [1.82, 2.24) is 10.6 Å². The fourth-order valence-electron chi connectivity index (χ4n) is 1.30. The second kappa shape index (κ2) is 6.48. The lowest BCUT2D eigenvalue weighted by molar-refractivity contribution is -0.140. The molecule has 1 saturated carbocycles. The number of carbonyl (C=O) groups excluding carboxylic acids is 2. The van der Waals surface area contributed by atoms with Crippen LogP contribution in [0.4, 0.5) is 0 Å². The van der Waals surface area contributed by atoms with Gasteiger partial charge in [0.25, 0.3) is 0 Å². The highest BCUT2D eigenvalue weighted by Crippen LogP contribution is 2.18. The van der Waals surface area contributed by atoms with E-state index < -0.39 is 0 Å². The van der Waals surface area contributed by atoms with Gasteiger partial charge < -0.3 is 15.4 Å². The summed E-state index contributed by atoms with van der Waals surface area (Å²) in [6.45, 7) is 2.48. The van der Waals surface area contributed by atoms with Gasteiger partial charge in [-0.15, -0.1) is 0 Å². The summed E-state index contributed by atoms with van der Waals surface area (Å²) in [5.41, 5.74) is 0. The molecule has 1 aliphatic carbocycles. The topological polar surface area (TPSA) is 67.4 Å². The van der Waals surface area contributed by atoms with E-state index in [4.69, 9.17) is 0 Å². The number of nitrogens with one attached hydrogen (secondary N) is 2. The van der Waals surface area contributed by atoms with Gasteiger partial charge in [0, 0.05) is 12.5 Å². The molecule has 0 aromatic rings. The molecule has 1 fully saturated rings. The lowest BCUT2D eigenvalue weighted by Gasteiger charge is -2.13. The van der Waals surface area contributed by atoms with Gasteiger partial charge in [-0.1, -0.05) is 0 Å². The Morgan fingerprint density at radius 1 is 1.44 bits per heavy atom. The molecule has 1 rings (SSSR count). The molecule has 0 aromatic carbocycles. The average molecular weight is 228 g/mol. The summed E-state index contributed by atoms with van der Waals surface area (Å²) < 4.78 is 4.52. The van der Waals surface area contributed by atoms with E-state index in [1.54, 1.807) is 0 Å². The maximum atomic E-state index is 11.5. The molecule has 1 amide bonds. The number of carbonyl (C=O) groups is 2. The standard InChI is InChI=1S/C11H20N2O3/c1-8(11(15)13-9-5-6-9)12-7-3-4-10(14)16-2/h8-9,12H,3-7H2,1-2H3,(H,13,15). The number of amides is 1. The maximum absolute atomic E-state index is 11.5. The van der Waals surface area contributed by atoms with E-state index in [-0.39, 0.29) is 17.9 Å². The second-order valence-corrected chi connectivity index (χ2v) is 4.14. The lowest BCUT2D eigenvalue weighted by Crippen LogP contribution is -2.43. The molecule has 1 unspecified atom stereocenters. The van der Waals surface area contributed by atoms with E-state index in [2.05, 4.69) is 15.4 Å². The first-order chi connectivity index (χ1) is 7.63. The van der Waals surface area contributed by atoms with Gasteiger partial charge in [0.1, 0.15) is 0 Å². The molecule has 0 spiro atoms. The molecular formula is C11H20N2O3. The van der Waals surface area contributed by atoms with Gasteiger partial charge in [0.15, 0.2) is 0 Å². The molecule has 0 bridgehead atoms. The molecule has 16 heavy (non-hydrogen) atoms. The summed E-state index contributed by atoms with van der Waals surface area (Å²) in [7, 11) is 1.38. The van der Waals surface area contributed by atoms with Crippen molar-refractivity contribution in [3.05, 3.63) is 0 Å². The fraction of sp³-hybridized carbons (Fsp3) is 0.818. The molecule has 2 N–H and O–H groups in total. The predicted octanol–water partition coefficient (Wildman–Crippen LogP) is 0.196. The largest absolute Gasteiger partial charge is 0.469 e. The monoisotopic (exact) mass is 228 g/mol. The Bertz CT molecular complexity index is 252. The van der Waals surface area contributed by atoms with Crippen molar-refractivity contribution in [3.8, 4) is 0 Å². The van der Waals surface area contributed by atoms with Crippen LogP contribution >= 0.6 is 0 Å². The first kappa shape index (κ1) is 13.0. The Balaban J connectivity index is 2.02. The second-order valence-electron chi connectivity index (χ2n) is 4.14. The van der Waals surface area contributed by atoms with E-state index in [1.807, 2.05) is 6.92 Å². The third kappa shape index (κ3) is 5.11. The van der Waals surface area contributed by atoms with Gasteiger partial charge in [0.2, 0.25) is 5.91 Å². The first-order valence-electron chi connectivity index (χ1n) is 5.74. The average Bonchev–Trinajstić information content (AvgIpc) is 3.07. The van der Waals surface area contributed by atoms with Crippen molar-refractivity contribution >= 4 is 11.9 Å². The number of esters is 1. The van der Waals surface area contributed by atoms with Crippen LogP contribution in [0.2, 0.25) is 0 Å². The van der Waals surface area contributed by atoms with E-state index >= 15 is 0 Å². The summed E-state index contributed by atoms with van der Waals surface area (Å²) in [5, 5.41) is 6.00. The third-order valence-electron chi connectivity index (χ3n) is 2.55. The summed E-state index contributed by atoms with van der Waals surface area (Å²) in [6, 6.07) is 0.199. The third-order valence-corrected chi connectivity index (χ3v) is 2.55. The fourth-order valence-corrected chi connectivity index (χ4v) is 1.30. The number of ether oxygens (including phenoxy) is 1. The zero-order valence-corrected chi connectivity index (χ0v) is 9.91. The van der Waals surface area contributed by atoms with Crippen LogP contribution in [-0.2, 0) is 14.3 Å². The summed E-state index contributed by atoms with van der Waals surface area (Å²) >= 11 is 0. The Labute approximate surface area is 95.9 Å². The SMILES string of the molecule is COC(=O)CCCNC(C)C(=O)NC1CC1. The van der Waals surface area contributed by atoms with Crippen molar-refractivity contribution < 1.29 is 14.3 Å². The van der Waals surface area contributed by atoms with Crippen LogP contribution in [0.15, 0.2) is 0 Å². The van der Waals surface area contributed by atoms with Crippen molar-refractivity contribution in [2.75, 3.05) is 13.7 Å². The zero-order valence-electron chi connectivity index (χ0n) is 9.91. The molecule has 0 heterocycles. The number of methoxy groups -OCH3 is 1. The minimum absolute atomic E-state index is 0.0422. The minimum Gasteiger partial charge on any atom is -0.469 e. The Hall–Kier alpha value is -1.10. The van der Waals surface area contributed by atoms with Crippen LogP contribution in [0, 0.1) is 0 Å². The van der Waals surface area contributed by atoms with E-state index in [0.717, 1.165) is 12.8 Å². The normalized spacial score (nSPS) is 16.6. The summed E-state index contributed by atoms with van der Waals surface area (Å²) in [5.74, 6) is -0.169. The first-order valence-corrected chi connectivity index (χ1v) is 5.74. The van der Waals surface area contributed by atoms with Crippen LogP contribution in [0.1, 0.15) is 32.6 Å². The zero-order chi connectivity index (χ0) is 12.0. The van der Waals surface area contributed by atoms with E-state index in [0.29, 0.717) is 25.4 Å². The summed E-state index contributed by atoms with van der Waals surface area (Å²) in [4.78, 5) is 22.3. The van der Waals surface area contributed by atoms with Gasteiger partial charge in [-0.3, -0.25) is 9.59 Å². The maximum Gasteiger partial charge on any atom is 0.305 e. The molecule has 92 valence electrons. The lowest BCUT2D eigenvalue weighted by atomic mass is 10.2. The van der Waals surface area contributed by atoms with Gasteiger partial charge in [-0.25, -0.2) is 0 Å². The molecule has 0 radical (unpaired) electrons. The Kier molecular flexibility index (Phi) is 5.25. The molecule has 0 aliphatic heterocycles. The predicted molar refractivity (Wildman–Crippen MR) is 59.9 cm³/mol. The van der Waals surface area contributed by atoms with Crippen LogP contribution in [0.3, 0.4) is 0 Å². The highest BCUT2D eigenvalue weighted by molar-refractivity contribution is 5.81. The smallest absolute Gasteiger partial charge is 0.305 e. The van der Waals surface area contributed by atoms with Crippen LogP contribution in [0.25, 0.3) is 0 Å². The summed E-state index contributed by atoms with van der Waals surface area (Å²) in [6.07, 6.45) is 3.27. The van der Waals surface area contributed by atoms with Crippen LogP contribution in [-0.4, -0.2) is 37.6 Å². The van der Waals surface area contributed by atoms with E-state index in [9.17, 15) is 9.59 Å². The van der Waals surface area contributed by atoms with Gasteiger partial charge in [-0.05, 0) is 32.7 Å². The van der Waals surface area contributed by atoms with Gasteiger partial charge in [0.05, 0.1) is 13.2 Å². The number of hydrogen-bond acceptors (Lipinski definition) is 4. The molecule has 0 saturated heterocycles. The highest BCUT2D eigenvalue weighted by atomic mass is 16.5. The van der Waals surface area contributed by atoms with Gasteiger partial charge >= 0.3 is 5.97 Å². The number of hydrogen-bond donors (Lipinski definition) is 2. The molecule has 0 aromatic heterocycles. The molecule has 1 atom stereocenters. The Morgan fingerprint density at radius 3 is 2.69 bits per heavy atom. The van der Waals surface area contributed by atoms with Crippen molar-refractivity contribution in [3.63, 3.8) is 0 Å². The molecule has 1 aliphatic rings. The molecular weight excluding hydrogens is 208 g/mol. The van der Waals surface area contributed by atoms with Crippen molar-refractivity contribution in [2.45, 2.75) is 44.7 Å². The molecule has 5 heteroatoms. The van der Waals surface area contributed by atoms with Crippen LogP contribution in [0.5, 0.6) is 0 Å². The quantitative estimate of drug-likeness (QED) is 0.482. The van der Waals surface area contributed by atoms with Crippen molar-refractivity contribution in [2.24, 2.45) is 0 Å². The Morgan fingerprint density at radius 2 is 2.12 bits per heavy atom. The highest BCUT2D eigenvalue weighted by Gasteiger charge is 2.25. The van der Waals surface area contributed by atoms with E-state index in [1.165, 1.54) is 7.11 Å². The number of rotatable bonds is 7. The van der Waals surface area contributed by atoms with Crippen molar-refractivity contribution in [1.29, 1.82) is 0 Å². The van der Waals surface area contributed by atoms with Gasteiger partial charge in [-0.2, -0.15) is 0 Å².